The molecule has 0 aliphatic heterocycles. The second kappa shape index (κ2) is 7.99. The Morgan fingerprint density at radius 2 is 1.85 bits per heavy atom. The molecule has 3 N–H and O–H groups in total. The van der Waals surface area contributed by atoms with Gasteiger partial charge in [-0.1, -0.05) is 29.3 Å². The average Bonchev–Trinajstić information content (AvgIpc) is 2.58. The minimum atomic E-state index is -0.143. The van der Waals surface area contributed by atoms with Gasteiger partial charge in [-0.25, -0.2) is 0 Å². The van der Waals surface area contributed by atoms with E-state index in [-0.39, 0.29) is 11.9 Å². The van der Waals surface area contributed by atoms with Crippen LogP contribution in [0, 0.1) is 0 Å². The van der Waals surface area contributed by atoms with E-state index < -0.39 is 0 Å². The number of carbonyl (C=O) groups is 1. The highest BCUT2D eigenvalue weighted by Gasteiger charge is 2.06. The fraction of sp³-hybridized carbons (Fsp3) is 0.0588. The second-order valence-corrected chi connectivity index (χ2v) is 6.15. The van der Waals surface area contributed by atoms with Crippen molar-refractivity contribution in [3.63, 3.8) is 0 Å². The van der Waals surface area contributed by atoms with E-state index in [9.17, 15) is 4.79 Å². The molecular formula is C17H14Cl2N6O. The lowest BCUT2D eigenvalue weighted by atomic mass is 10.2. The number of halogens is 2. The van der Waals surface area contributed by atoms with Crippen molar-refractivity contribution in [3.8, 4) is 0 Å². The fourth-order valence-electron chi connectivity index (χ4n) is 2.16. The summed E-state index contributed by atoms with van der Waals surface area (Å²) in [6.07, 6.45) is 1.48. The van der Waals surface area contributed by atoms with Crippen molar-refractivity contribution in [3.05, 3.63) is 58.7 Å². The normalized spacial score (nSPS) is 10.3. The number of nitrogens with zero attached hydrogens (tertiary/aromatic N) is 3. The number of rotatable bonds is 5. The van der Waals surface area contributed by atoms with Crippen LogP contribution in [0.1, 0.15) is 6.92 Å². The summed E-state index contributed by atoms with van der Waals surface area (Å²) in [6, 6.07) is 12.3. The molecule has 7 nitrogen and oxygen atoms in total. The summed E-state index contributed by atoms with van der Waals surface area (Å²) >= 11 is 12.1. The molecular weight excluding hydrogens is 375 g/mol. The first-order valence-corrected chi connectivity index (χ1v) is 8.32. The molecule has 3 aromatic rings. The third-order valence-corrected chi connectivity index (χ3v) is 3.75. The van der Waals surface area contributed by atoms with Gasteiger partial charge in [-0.2, -0.15) is 10.1 Å². The summed E-state index contributed by atoms with van der Waals surface area (Å²) in [7, 11) is 0. The van der Waals surface area contributed by atoms with E-state index in [4.69, 9.17) is 23.2 Å². The summed E-state index contributed by atoms with van der Waals surface area (Å²) in [5, 5.41) is 17.7. The van der Waals surface area contributed by atoms with Crippen LogP contribution in [0.4, 0.5) is 28.8 Å². The fourth-order valence-corrected chi connectivity index (χ4v) is 2.49. The van der Waals surface area contributed by atoms with Gasteiger partial charge in [0.05, 0.1) is 16.9 Å². The maximum Gasteiger partial charge on any atom is 0.249 e. The lowest BCUT2D eigenvalue weighted by Crippen LogP contribution is -2.06. The monoisotopic (exact) mass is 388 g/mol. The van der Waals surface area contributed by atoms with Crippen molar-refractivity contribution >= 4 is 57.9 Å². The molecule has 1 aromatic heterocycles. The molecule has 3 rings (SSSR count). The lowest BCUT2D eigenvalue weighted by molar-refractivity contribution is -0.114. The molecule has 0 bridgehead atoms. The number of nitrogens with one attached hydrogen (secondary N) is 3. The van der Waals surface area contributed by atoms with Gasteiger partial charge in [0.25, 0.3) is 0 Å². The minimum absolute atomic E-state index is 0.143. The number of anilines is 5. The van der Waals surface area contributed by atoms with Gasteiger partial charge < -0.3 is 16.0 Å². The number of amides is 1. The van der Waals surface area contributed by atoms with E-state index in [1.807, 2.05) is 12.1 Å². The van der Waals surface area contributed by atoms with Gasteiger partial charge in [0, 0.05) is 23.3 Å². The first-order valence-electron chi connectivity index (χ1n) is 7.56. The lowest BCUT2D eigenvalue weighted by Gasteiger charge is -2.10. The maximum atomic E-state index is 11.2. The predicted molar refractivity (Wildman–Crippen MR) is 104 cm³/mol. The molecule has 0 atom stereocenters. The molecule has 132 valence electrons. The van der Waals surface area contributed by atoms with Crippen LogP contribution in [0.2, 0.25) is 10.0 Å². The molecule has 0 unspecified atom stereocenters. The highest BCUT2D eigenvalue weighted by molar-refractivity contribution is 6.35. The molecule has 2 aromatic carbocycles. The Morgan fingerprint density at radius 1 is 1.04 bits per heavy atom. The molecule has 0 aliphatic carbocycles. The number of carbonyl (C=O) groups excluding carboxylic acids is 1. The van der Waals surface area contributed by atoms with Gasteiger partial charge in [-0.15, -0.1) is 5.10 Å². The van der Waals surface area contributed by atoms with Crippen LogP contribution < -0.4 is 16.0 Å². The molecule has 0 radical (unpaired) electrons. The van der Waals surface area contributed by atoms with Crippen LogP contribution in [0.3, 0.4) is 0 Å². The topological polar surface area (TPSA) is 91.8 Å². The third kappa shape index (κ3) is 4.81. The minimum Gasteiger partial charge on any atom is -0.339 e. The average molecular weight is 389 g/mol. The van der Waals surface area contributed by atoms with E-state index in [2.05, 4.69) is 31.1 Å². The van der Waals surface area contributed by atoms with Crippen molar-refractivity contribution < 1.29 is 4.79 Å². The molecule has 0 spiro atoms. The quantitative estimate of drug-likeness (QED) is 0.590. The highest BCUT2D eigenvalue weighted by Crippen LogP contribution is 2.27. The first kappa shape index (κ1) is 17.9. The summed E-state index contributed by atoms with van der Waals surface area (Å²) < 4.78 is 0. The Bertz CT molecular complexity index is 950. The van der Waals surface area contributed by atoms with Crippen LogP contribution in [-0.2, 0) is 4.79 Å². The number of aromatic nitrogens is 3. The highest BCUT2D eigenvalue weighted by atomic mass is 35.5. The van der Waals surface area contributed by atoms with Crippen LogP contribution in [0.15, 0.2) is 48.7 Å². The Morgan fingerprint density at radius 3 is 2.65 bits per heavy atom. The number of hydrogen-bond acceptors (Lipinski definition) is 6. The van der Waals surface area contributed by atoms with Crippen molar-refractivity contribution in [2.75, 3.05) is 16.0 Å². The summed E-state index contributed by atoms with van der Waals surface area (Å²) in [5.74, 6) is 0.591. The van der Waals surface area contributed by atoms with E-state index in [1.165, 1.54) is 13.1 Å². The Labute approximate surface area is 159 Å². The van der Waals surface area contributed by atoms with Crippen molar-refractivity contribution in [2.45, 2.75) is 6.92 Å². The van der Waals surface area contributed by atoms with Crippen LogP contribution in [0.5, 0.6) is 0 Å². The number of hydrogen-bond donors (Lipinski definition) is 3. The second-order valence-electron chi connectivity index (χ2n) is 5.30. The Balaban J connectivity index is 1.77. The van der Waals surface area contributed by atoms with Gasteiger partial charge in [0.1, 0.15) is 0 Å². The standard InChI is InChI=1S/C17H14Cl2N6O/c1-10(26)21-12-3-2-4-13(8-12)22-16-9-20-25-17(24-16)23-15-7-11(18)5-6-14(15)19/h2-9H,1H3,(H,21,26)(H2,22,23,24,25). The zero-order chi connectivity index (χ0) is 18.5. The van der Waals surface area contributed by atoms with Gasteiger partial charge in [0.15, 0.2) is 5.82 Å². The molecule has 0 saturated carbocycles. The third-order valence-electron chi connectivity index (χ3n) is 3.19. The first-order chi connectivity index (χ1) is 12.5. The van der Waals surface area contributed by atoms with Crippen LogP contribution >= 0.6 is 23.2 Å². The molecule has 0 saturated heterocycles. The van der Waals surface area contributed by atoms with E-state index in [0.29, 0.717) is 27.2 Å². The number of benzene rings is 2. The molecule has 1 heterocycles. The van der Waals surface area contributed by atoms with Crippen molar-refractivity contribution in [1.82, 2.24) is 15.2 Å². The predicted octanol–water partition coefficient (Wildman–Crippen LogP) is 4.62. The molecule has 0 fully saturated rings. The van der Waals surface area contributed by atoms with E-state index in [1.54, 1.807) is 30.3 Å². The molecule has 1 amide bonds. The van der Waals surface area contributed by atoms with Crippen LogP contribution in [0.25, 0.3) is 0 Å². The summed E-state index contributed by atoms with van der Waals surface area (Å²) in [6.45, 7) is 1.45. The van der Waals surface area contributed by atoms with Crippen LogP contribution in [-0.4, -0.2) is 21.1 Å². The Kier molecular flexibility index (Phi) is 5.50. The van der Waals surface area contributed by atoms with Gasteiger partial charge in [0.2, 0.25) is 11.9 Å². The van der Waals surface area contributed by atoms with Gasteiger partial charge >= 0.3 is 0 Å². The Hall–Kier alpha value is -2.90. The van der Waals surface area contributed by atoms with E-state index >= 15 is 0 Å². The van der Waals surface area contributed by atoms with Gasteiger partial charge in [-0.05, 0) is 36.4 Å². The summed E-state index contributed by atoms with van der Waals surface area (Å²) in [5.41, 5.74) is 1.99. The van der Waals surface area contributed by atoms with Gasteiger partial charge in [-0.3, -0.25) is 4.79 Å². The van der Waals surface area contributed by atoms with Crippen molar-refractivity contribution in [1.29, 1.82) is 0 Å². The smallest absolute Gasteiger partial charge is 0.249 e. The molecule has 0 aliphatic rings. The molecule has 26 heavy (non-hydrogen) atoms. The maximum absolute atomic E-state index is 11.2. The summed E-state index contributed by atoms with van der Waals surface area (Å²) in [4.78, 5) is 15.5. The van der Waals surface area contributed by atoms with Crippen molar-refractivity contribution in [2.24, 2.45) is 0 Å². The van der Waals surface area contributed by atoms with E-state index in [0.717, 1.165) is 5.69 Å². The zero-order valence-corrected chi connectivity index (χ0v) is 15.1. The SMILES string of the molecule is CC(=O)Nc1cccc(Nc2cnnc(Nc3cc(Cl)ccc3Cl)n2)c1. The largest absolute Gasteiger partial charge is 0.339 e. The molecule has 9 heteroatoms. The zero-order valence-electron chi connectivity index (χ0n) is 13.6.